The van der Waals surface area contributed by atoms with Crippen LogP contribution in [0.2, 0.25) is 5.02 Å². The molecule has 0 radical (unpaired) electrons. The molecule has 0 saturated carbocycles. The Morgan fingerprint density at radius 1 is 1.04 bits per heavy atom. The number of hydrogen-bond acceptors (Lipinski definition) is 3. The quantitative estimate of drug-likeness (QED) is 0.661. The first-order valence-electron chi connectivity index (χ1n) is 7.77. The third-order valence-electron chi connectivity index (χ3n) is 3.36. The van der Waals surface area contributed by atoms with Crippen LogP contribution in [-0.2, 0) is 9.59 Å². The molecule has 0 aliphatic heterocycles. The van der Waals surface area contributed by atoms with Crippen molar-refractivity contribution in [3.05, 3.63) is 58.9 Å². The smallest absolute Gasteiger partial charge is 0.238 e. The van der Waals surface area contributed by atoms with Gasteiger partial charge in [0.05, 0.1) is 22.9 Å². The lowest BCUT2D eigenvalue weighted by atomic mass is 10.2. The molecular weight excluding hydrogens is 345 g/mol. The molecule has 0 aromatic heterocycles. The highest BCUT2D eigenvalue weighted by molar-refractivity contribution is 6.33. The second-order valence-corrected chi connectivity index (χ2v) is 5.89. The fourth-order valence-corrected chi connectivity index (χ4v) is 2.28. The Hall–Kier alpha value is -2.44. The van der Waals surface area contributed by atoms with Crippen LogP contribution in [0.15, 0.2) is 42.5 Å². The molecule has 132 valence electrons. The van der Waals surface area contributed by atoms with Gasteiger partial charge >= 0.3 is 0 Å². The van der Waals surface area contributed by atoms with Gasteiger partial charge in [0.2, 0.25) is 11.8 Å². The predicted octanol–water partition coefficient (Wildman–Crippen LogP) is 3.34. The van der Waals surface area contributed by atoms with E-state index in [-0.39, 0.29) is 30.5 Å². The van der Waals surface area contributed by atoms with Gasteiger partial charge in [-0.2, -0.15) is 0 Å². The number of benzene rings is 2. The van der Waals surface area contributed by atoms with E-state index in [1.165, 1.54) is 12.1 Å². The molecule has 0 atom stereocenters. The van der Waals surface area contributed by atoms with Gasteiger partial charge in [0.15, 0.2) is 0 Å². The van der Waals surface area contributed by atoms with E-state index in [2.05, 4.69) is 16.0 Å². The molecule has 7 heteroatoms. The van der Waals surface area contributed by atoms with Crippen molar-refractivity contribution in [1.82, 2.24) is 5.32 Å². The van der Waals surface area contributed by atoms with Crippen LogP contribution in [0.4, 0.5) is 15.8 Å². The second-order valence-electron chi connectivity index (χ2n) is 5.49. The highest BCUT2D eigenvalue weighted by Gasteiger charge is 2.08. The molecule has 2 rings (SSSR count). The summed E-state index contributed by atoms with van der Waals surface area (Å²) in [5.41, 5.74) is 1.45. The van der Waals surface area contributed by atoms with Crippen LogP contribution in [0.3, 0.4) is 0 Å². The first-order valence-corrected chi connectivity index (χ1v) is 8.14. The van der Waals surface area contributed by atoms with Crippen molar-refractivity contribution in [3.63, 3.8) is 0 Å². The predicted molar refractivity (Wildman–Crippen MR) is 97.3 cm³/mol. The Bertz CT molecular complexity index is 768. The Labute approximate surface area is 150 Å². The second kappa shape index (κ2) is 9.15. The summed E-state index contributed by atoms with van der Waals surface area (Å²) in [5.74, 6) is -1.08. The van der Waals surface area contributed by atoms with E-state index < -0.39 is 5.82 Å². The SMILES string of the molecule is Cc1ccc(NC(=O)CNCCC(=O)Nc2ccccc2Cl)c(F)c1. The van der Waals surface area contributed by atoms with Gasteiger partial charge in [0.1, 0.15) is 5.82 Å². The van der Waals surface area contributed by atoms with Gasteiger partial charge < -0.3 is 16.0 Å². The van der Waals surface area contributed by atoms with E-state index in [0.29, 0.717) is 17.3 Å². The summed E-state index contributed by atoms with van der Waals surface area (Å²) in [5, 5.41) is 8.47. The number of aryl methyl sites for hydroxylation is 1. The van der Waals surface area contributed by atoms with Gasteiger partial charge in [-0.1, -0.05) is 29.8 Å². The number of carbonyl (C=O) groups excluding carboxylic acids is 2. The Morgan fingerprint density at radius 2 is 1.76 bits per heavy atom. The average Bonchev–Trinajstić information content (AvgIpc) is 2.56. The van der Waals surface area contributed by atoms with E-state index in [9.17, 15) is 14.0 Å². The van der Waals surface area contributed by atoms with Crippen LogP contribution in [0.5, 0.6) is 0 Å². The first kappa shape index (κ1) is 18.9. The molecule has 0 unspecified atom stereocenters. The van der Waals surface area contributed by atoms with Crippen LogP contribution < -0.4 is 16.0 Å². The number of hydrogen-bond donors (Lipinski definition) is 3. The number of nitrogens with one attached hydrogen (secondary N) is 3. The summed E-state index contributed by atoms with van der Waals surface area (Å²) < 4.78 is 13.6. The van der Waals surface area contributed by atoms with E-state index in [0.717, 1.165) is 5.56 Å². The minimum Gasteiger partial charge on any atom is -0.325 e. The van der Waals surface area contributed by atoms with Crippen LogP contribution >= 0.6 is 11.6 Å². The zero-order valence-electron chi connectivity index (χ0n) is 13.7. The largest absolute Gasteiger partial charge is 0.325 e. The van der Waals surface area contributed by atoms with Gasteiger partial charge in [-0.05, 0) is 36.8 Å². The first-order chi connectivity index (χ1) is 12.0. The Kier molecular flexibility index (Phi) is 6.91. The van der Waals surface area contributed by atoms with Crippen molar-refractivity contribution in [2.24, 2.45) is 0 Å². The summed E-state index contributed by atoms with van der Waals surface area (Å²) in [7, 11) is 0. The molecule has 25 heavy (non-hydrogen) atoms. The zero-order chi connectivity index (χ0) is 18.2. The highest BCUT2D eigenvalue weighted by atomic mass is 35.5. The number of para-hydroxylation sites is 1. The summed E-state index contributed by atoms with van der Waals surface area (Å²) in [4.78, 5) is 23.6. The average molecular weight is 364 g/mol. The molecule has 5 nitrogen and oxygen atoms in total. The molecule has 2 aromatic carbocycles. The van der Waals surface area contributed by atoms with Crippen molar-refractivity contribution in [3.8, 4) is 0 Å². The summed E-state index contributed by atoms with van der Waals surface area (Å²) in [6, 6.07) is 11.5. The minimum absolute atomic E-state index is 0.0211. The maximum absolute atomic E-state index is 13.6. The topological polar surface area (TPSA) is 70.2 Å². The number of anilines is 2. The van der Waals surface area contributed by atoms with Crippen molar-refractivity contribution in [1.29, 1.82) is 0 Å². The molecule has 0 heterocycles. The summed E-state index contributed by atoms with van der Waals surface area (Å²) >= 11 is 5.96. The highest BCUT2D eigenvalue weighted by Crippen LogP contribution is 2.20. The number of amides is 2. The monoisotopic (exact) mass is 363 g/mol. The van der Waals surface area contributed by atoms with Gasteiger partial charge in [-0.15, -0.1) is 0 Å². The molecule has 2 amide bonds. The van der Waals surface area contributed by atoms with E-state index in [1.807, 2.05) is 0 Å². The molecule has 0 aliphatic carbocycles. The Balaban J connectivity index is 1.69. The third kappa shape index (κ3) is 6.17. The normalized spacial score (nSPS) is 10.4. The van der Waals surface area contributed by atoms with Crippen molar-refractivity contribution >= 4 is 34.8 Å². The zero-order valence-corrected chi connectivity index (χ0v) is 14.5. The standard InChI is InChI=1S/C18H19ClFN3O2/c1-12-6-7-16(14(20)10-12)23-18(25)11-21-9-8-17(24)22-15-5-3-2-4-13(15)19/h2-7,10,21H,8-9,11H2,1H3,(H,22,24)(H,23,25). The molecule has 3 N–H and O–H groups in total. The molecule has 0 fully saturated rings. The number of carbonyl (C=O) groups is 2. The molecule has 0 saturated heterocycles. The molecular formula is C18H19ClFN3O2. The maximum Gasteiger partial charge on any atom is 0.238 e. The fraction of sp³-hybridized carbons (Fsp3) is 0.222. The van der Waals surface area contributed by atoms with Crippen molar-refractivity contribution in [2.45, 2.75) is 13.3 Å². The van der Waals surface area contributed by atoms with Crippen LogP contribution in [0.25, 0.3) is 0 Å². The summed E-state index contributed by atoms with van der Waals surface area (Å²) in [6.07, 6.45) is 0.178. The van der Waals surface area contributed by atoms with Gasteiger partial charge in [0, 0.05) is 13.0 Å². The lowest BCUT2D eigenvalue weighted by molar-refractivity contribution is -0.117. The van der Waals surface area contributed by atoms with E-state index in [1.54, 1.807) is 37.3 Å². The van der Waals surface area contributed by atoms with Gasteiger partial charge in [0.25, 0.3) is 0 Å². The van der Waals surface area contributed by atoms with E-state index >= 15 is 0 Å². The Morgan fingerprint density at radius 3 is 2.48 bits per heavy atom. The summed E-state index contributed by atoms with van der Waals surface area (Å²) in [6.45, 7) is 2.05. The molecule has 0 spiro atoms. The van der Waals surface area contributed by atoms with Crippen molar-refractivity contribution < 1.29 is 14.0 Å². The van der Waals surface area contributed by atoms with Crippen molar-refractivity contribution in [2.75, 3.05) is 23.7 Å². The fourth-order valence-electron chi connectivity index (χ4n) is 2.10. The maximum atomic E-state index is 13.6. The third-order valence-corrected chi connectivity index (χ3v) is 3.69. The van der Waals surface area contributed by atoms with E-state index in [4.69, 9.17) is 11.6 Å². The van der Waals surface area contributed by atoms with Crippen LogP contribution in [-0.4, -0.2) is 24.9 Å². The molecule has 0 bridgehead atoms. The lowest BCUT2D eigenvalue weighted by Crippen LogP contribution is -2.30. The van der Waals surface area contributed by atoms with Crippen LogP contribution in [0.1, 0.15) is 12.0 Å². The number of rotatable bonds is 7. The minimum atomic E-state index is -0.479. The molecule has 0 aliphatic rings. The van der Waals surface area contributed by atoms with Crippen LogP contribution in [0, 0.1) is 12.7 Å². The molecule has 2 aromatic rings. The van der Waals surface area contributed by atoms with Gasteiger partial charge in [-0.25, -0.2) is 4.39 Å². The number of halogens is 2. The van der Waals surface area contributed by atoms with Gasteiger partial charge in [-0.3, -0.25) is 9.59 Å². The lowest BCUT2D eigenvalue weighted by Gasteiger charge is -2.09.